The molecule has 2 amide bonds. The molecule has 2 fully saturated rings. The molecular weight excluding hydrogens is 300 g/mol. The molecule has 1 saturated heterocycles. The van der Waals surface area contributed by atoms with E-state index in [0.29, 0.717) is 19.1 Å². The van der Waals surface area contributed by atoms with Crippen LogP contribution in [0.1, 0.15) is 19.8 Å². The molecule has 4 unspecified atom stereocenters. The van der Waals surface area contributed by atoms with E-state index in [2.05, 4.69) is 6.92 Å². The normalized spacial score (nSPS) is 32.3. The maximum absolute atomic E-state index is 11.7. The second-order valence-corrected chi connectivity index (χ2v) is 7.10. The molecule has 1 aliphatic carbocycles. The van der Waals surface area contributed by atoms with E-state index < -0.39 is 5.60 Å². The van der Waals surface area contributed by atoms with E-state index >= 15 is 0 Å². The second-order valence-electron chi connectivity index (χ2n) is 7.10. The summed E-state index contributed by atoms with van der Waals surface area (Å²) in [5.41, 5.74) is -0.397. The molecule has 0 aromatic carbocycles. The highest BCUT2D eigenvalue weighted by atomic mass is 16.6. The lowest BCUT2D eigenvalue weighted by molar-refractivity contribution is 0.0346. The van der Waals surface area contributed by atoms with Gasteiger partial charge in [0.25, 0.3) is 0 Å². The Hall–Kier alpha value is -1.50. The largest absolute Gasteiger partial charge is 0.449 e. The predicted octanol–water partition coefficient (Wildman–Crippen LogP) is 1.81. The molecule has 1 aliphatic heterocycles. The van der Waals surface area contributed by atoms with Gasteiger partial charge < -0.3 is 24.0 Å². The first-order valence-electron chi connectivity index (χ1n) is 8.09. The monoisotopic (exact) mass is 328 g/mol. The minimum Gasteiger partial charge on any atom is -0.449 e. The molecule has 2 aliphatic rings. The zero-order chi connectivity index (χ0) is 17.2. The molecule has 2 rings (SSSR count). The zero-order valence-electron chi connectivity index (χ0n) is 14.7. The highest BCUT2D eigenvalue weighted by Crippen LogP contribution is 2.50. The van der Waals surface area contributed by atoms with Gasteiger partial charge in [0.1, 0.15) is 12.2 Å². The van der Waals surface area contributed by atoms with Crippen LogP contribution >= 0.6 is 0 Å². The van der Waals surface area contributed by atoms with Gasteiger partial charge >= 0.3 is 12.2 Å². The van der Waals surface area contributed by atoms with Gasteiger partial charge in [-0.3, -0.25) is 0 Å². The van der Waals surface area contributed by atoms with Gasteiger partial charge in [-0.1, -0.05) is 6.92 Å². The lowest BCUT2D eigenvalue weighted by Gasteiger charge is -2.28. The Morgan fingerprint density at radius 1 is 1.09 bits per heavy atom. The average Bonchev–Trinajstić information content (AvgIpc) is 3.19. The first-order valence-corrected chi connectivity index (χ1v) is 8.09. The van der Waals surface area contributed by atoms with Crippen LogP contribution in [0.15, 0.2) is 0 Å². The van der Waals surface area contributed by atoms with Gasteiger partial charge in [0.2, 0.25) is 0 Å². The Balaban J connectivity index is 1.94. The van der Waals surface area contributed by atoms with Gasteiger partial charge in [0.05, 0.1) is 13.2 Å². The molecule has 7 nitrogen and oxygen atoms in total. The average molecular weight is 328 g/mol. The standard InChI is InChI=1S/C16H28N2O5/c1-11-6-7-13(12(11)8-21-14(19)17(2)3)16(10-23-16)9-22-15(20)18(4)5/h11-13H,6-10H2,1-5H3. The van der Waals surface area contributed by atoms with Crippen LogP contribution in [0.2, 0.25) is 0 Å². The molecule has 0 spiro atoms. The number of ether oxygens (including phenoxy) is 3. The van der Waals surface area contributed by atoms with Crippen LogP contribution in [0.4, 0.5) is 9.59 Å². The van der Waals surface area contributed by atoms with E-state index in [0.717, 1.165) is 12.8 Å². The van der Waals surface area contributed by atoms with E-state index in [1.165, 1.54) is 9.80 Å². The third-order valence-corrected chi connectivity index (χ3v) is 4.94. The maximum Gasteiger partial charge on any atom is 0.409 e. The summed E-state index contributed by atoms with van der Waals surface area (Å²) in [6.07, 6.45) is 1.39. The van der Waals surface area contributed by atoms with E-state index in [9.17, 15) is 9.59 Å². The summed E-state index contributed by atoms with van der Waals surface area (Å²) >= 11 is 0. The third kappa shape index (κ3) is 4.07. The SMILES string of the molecule is CC1CCC(C2(COC(=O)N(C)C)CO2)C1COC(=O)N(C)C. The number of rotatable bonds is 5. The Morgan fingerprint density at radius 2 is 1.65 bits per heavy atom. The summed E-state index contributed by atoms with van der Waals surface area (Å²) in [5.74, 6) is 0.947. The van der Waals surface area contributed by atoms with E-state index in [1.807, 2.05) is 0 Å². The summed E-state index contributed by atoms with van der Waals surface area (Å²) in [5, 5.41) is 0. The molecule has 4 atom stereocenters. The fourth-order valence-corrected chi connectivity index (χ4v) is 3.31. The highest BCUT2D eigenvalue weighted by molar-refractivity contribution is 5.67. The van der Waals surface area contributed by atoms with Crippen molar-refractivity contribution in [3.05, 3.63) is 0 Å². The number of carbonyl (C=O) groups excluding carboxylic acids is 2. The Kier molecular flexibility index (Phi) is 5.39. The Labute approximate surface area is 137 Å². The third-order valence-electron chi connectivity index (χ3n) is 4.94. The van der Waals surface area contributed by atoms with Crippen molar-refractivity contribution >= 4 is 12.2 Å². The van der Waals surface area contributed by atoms with Gasteiger partial charge in [-0.05, 0) is 24.7 Å². The molecule has 0 radical (unpaired) electrons. The van der Waals surface area contributed by atoms with Crippen molar-refractivity contribution in [1.29, 1.82) is 0 Å². The smallest absolute Gasteiger partial charge is 0.409 e. The van der Waals surface area contributed by atoms with E-state index in [4.69, 9.17) is 14.2 Å². The summed E-state index contributed by atoms with van der Waals surface area (Å²) in [6.45, 7) is 3.43. The van der Waals surface area contributed by atoms with Gasteiger partial charge in [-0.25, -0.2) is 9.59 Å². The molecule has 0 aromatic rings. The fraction of sp³-hybridized carbons (Fsp3) is 0.875. The van der Waals surface area contributed by atoms with Crippen molar-refractivity contribution in [2.24, 2.45) is 17.8 Å². The van der Waals surface area contributed by atoms with Gasteiger partial charge in [-0.15, -0.1) is 0 Å². The molecule has 1 heterocycles. The second kappa shape index (κ2) is 6.95. The van der Waals surface area contributed by atoms with Crippen molar-refractivity contribution in [2.45, 2.75) is 25.4 Å². The lowest BCUT2D eigenvalue weighted by Crippen LogP contribution is -2.38. The van der Waals surface area contributed by atoms with Crippen LogP contribution in [0.5, 0.6) is 0 Å². The summed E-state index contributed by atoms with van der Waals surface area (Å²) in [6, 6.07) is 0. The Bertz CT molecular complexity index is 448. The first kappa shape index (κ1) is 17.8. The van der Waals surface area contributed by atoms with Gasteiger partial charge in [-0.2, -0.15) is 0 Å². The van der Waals surface area contributed by atoms with Gasteiger partial charge in [0, 0.05) is 34.1 Å². The molecule has 0 N–H and O–H groups in total. The summed E-state index contributed by atoms with van der Waals surface area (Å²) in [7, 11) is 6.65. The number of hydrogen-bond acceptors (Lipinski definition) is 5. The van der Waals surface area contributed by atoms with Crippen LogP contribution in [0, 0.1) is 17.8 Å². The van der Waals surface area contributed by atoms with Crippen LogP contribution in [0.3, 0.4) is 0 Å². The van der Waals surface area contributed by atoms with Crippen molar-refractivity contribution in [3.63, 3.8) is 0 Å². The molecule has 0 bridgehead atoms. The molecule has 0 aromatic heterocycles. The Morgan fingerprint density at radius 3 is 2.17 bits per heavy atom. The minimum absolute atomic E-state index is 0.236. The number of amides is 2. The fourth-order valence-electron chi connectivity index (χ4n) is 3.31. The van der Waals surface area contributed by atoms with Crippen molar-refractivity contribution in [1.82, 2.24) is 9.80 Å². The first-order chi connectivity index (χ1) is 10.8. The van der Waals surface area contributed by atoms with Crippen molar-refractivity contribution < 1.29 is 23.8 Å². The molecule has 23 heavy (non-hydrogen) atoms. The highest BCUT2D eigenvalue weighted by Gasteiger charge is 2.58. The van der Waals surface area contributed by atoms with Crippen molar-refractivity contribution in [2.75, 3.05) is 48.0 Å². The molecule has 1 saturated carbocycles. The maximum atomic E-state index is 11.7. The van der Waals surface area contributed by atoms with Crippen LogP contribution < -0.4 is 0 Å². The number of carbonyl (C=O) groups is 2. The van der Waals surface area contributed by atoms with Crippen molar-refractivity contribution in [3.8, 4) is 0 Å². The number of epoxide rings is 1. The number of nitrogens with zero attached hydrogens (tertiary/aromatic N) is 2. The number of hydrogen-bond donors (Lipinski definition) is 0. The summed E-state index contributed by atoms with van der Waals surface area (Å²) in [4.78, 5) is 26.1. The van der Waals surface area contributed by atoms with Crippen LogP contribution in [-0.2, 0) is 14.2 Å². The van der Waals surface area contributed by atoms with E-state index in [1.54, 1.807) is 28.2 Å². The molecule has 7 heteroatoms. The molecule has 132 valence electrons. The van der Waals surface area contributed by atoms with E-state index in [-0.39, 0.29) is 30.6 Å². The van der Waals surface area contributed by atoms with Gasteiger partial charge in [0.15, 0.2) is 0 Å². The minimum atomic E-state index is -0.397. The quantitative estimate of drug-likeness (QED) is 0.720. The molecular formula is C16H28N2O5. The van der Waals surface area contributed by atoms with Crippen LogP contribution in [0.25, 0.3) is 0 Å². The summed E-state index contributed by atoms with van der Waals surface area (Å²) < 4.78 is 16.4. The zero-order valence-corrected chi connectivity index (χ0v) is 14.7. The topological polar surface area (TPSA) is 71.6 Å². The van der Waals surface area contributed by atoms with Crippen LogP contribution in [-0.4, -0.2) is 75.6 Å². The predicted molar refractivity (Wildman–Crippen MR) is 84.1 cm³/mol. The lowest BCUT2D eigenvalue weighted by atomic mass is 9.82.